The van der Waals surface area contributed by atoms with Crippen molar-refractivity contribution < 1.29 is 14.3 Å². The average molecular weight is 438 g/mol. The minimum absolute atomic E-state index is 0.0533. The van der Waals surface area contributed by atoms with E-state index in [2.05, 4.69) is 16.4 Å². The number of carbonyl (C=O) groups is 2. The van der Waals surface area contributed by atoms with Crippen LogP contribution in [-0.2, 0) is 11.3 Å². The molecule has 0 radical (unpaired) electrons. The number of piperidine rings is 1. The first-order chi connectivity index (χ1) is 15.7. The summed E-state index contributed by atoms with van der Waals surface area (Å²) >= 11 is 0. The molecule has 3 amide bonds. The maximum absolute atomic E-state index is 13.3. The zero-order valence-electron chi connectivity index (χ0n) is 18.5. The lowest BCUT2D eigenvalue weighted by atomic mass is 9.84. The lowest BCUT2D eigenvalue weighted by Crippen LogP contribution is -2.46. The molecule has 0 saturated carbocycles. The van der Waals surface area contributed by atoms with Gasteiger partial charge in [0.15, 0.2) is 0 Å². The number of fused-ring (bicyclic) bond motifs is 2. The van der Waals surface area contributed by atoms with E-state index in [0.717, 1.165) is 30.4 Å². The van der Waals surface area contributed by atoms with Gasteiger partial charge >= 0.3 is 6.03 Å². The molecule has 0 spiro atoms. The van der Waals surface area contributed by atoms with E-state index in [4.69, 9.17) is 4.74 Å². The lowest BCUT2D eigenvalue weighted by molar-refractivity contribution is 0.0532. The van der Waals surface area contributed by atoms with Gasteiger partial charge in [0.05, 0.1) is 30.6 Å². The highest BCUT2D eigenvalue weighted by Crippen LogP contribution is 2.35. The van der Waals surface area contributed by atoms with E-state index >= 15 is 0 Å². The van der Waals surface area contributed by atoms with Gasteiger partial charge in [-0.2, -0.15) is 0 Å². The molecule has 1 unspecified atom stereocenters. The molecule has 0 bridgehead atoms. The third kappa shape index (κ3) is 4.24. The largest absolute Gasteiger partial charge is 0.378 e. The van der Waals surface area contributed by atoms with Crippen LogP contribution < -0.4 is 5.32 Å². The Morgan fingerprint density at radius 1 is 1.12 bits per heavy atom. The molecule has 2 aliphatic heterocycles. The molecular weight excluding hydrogens is 406 g/mol. The summed E-state index contributed by atoms with van der Waals surface area (Å²) in [6, 6.07) is 5.72. The second kappa shape index (κ2) is 9.32. The van der Waals surface area contributed by atoms with Gasteiger partial charge in [-0.15, -0.1) is 0 Å². The number of ether oxygens (including phenoxy) is 1. The molecule has 3 heterocycles. The summed E-state index contributed by atoms with van der Waals surface area (Å²) < 4.78 is 7.31. The predicted molar refractivity (Wildman–Crippen MR) is 121 cm³/mol. The van der Waals surface area contributed by atoms with Crippen LogP contribution in [0.5, 0.6) is 0 Å². The van der Waals surface area contributed by atoms with Crippen LogP contribution in [0.3, 0.4) is 0 Å². The monoisotopic (exact) mass is 437 g/mol. The number of benzene rings is 1. The first-order valence-electron chi connectivity index (χ1n) is 11.8. The molecule has 1 N–H and O–H groups in total. The Morgan fingerprint density at radius 2 is 1.97 bits per heavy atom. The van der Waals surface area contributed by atoms with E-state index in [1.165, 1.54) is 25.0 Å². The van der Waals surface area contributed by atoms with E-state index in [1.807, 2.05) is 27.7 Å². The summed E-state index contributed by atoms with van der Waals surface area (Å²) in [6.45, 7) is 4.39. The minimum atomic E-state index is -0.0533. The summed E-state index contributed by atoms with van der Waals surface area (Å²) in [5.74, 6) is 0.620. The number of carbonyl (C=O) groups excluding carboxylic acids is 2. The molecule has 1 atom stereocenters. The molecule has 32 heavy (non-hydrogen) atoms. The third-order valence-corrected chi connectivity index (χ3v) is 6.81. The van der Waals surface area contributed by atoms with Crippen molar-refractivity contribution in [1.82, 2.24) is 24.7 Å². The number of nitrogens with one attached hydrogen (secondary N) is 1. The topological polar surface area (TPSA) is 79.7 Å². The van der Waals surface area contributed by atoms with E-state index in [-0.39, 0.29) is 11.9 Å². The molecule has 3 aliphatic rings. The summed E-state index contributed by atoms with van der Waals surface area (Å²) in [6.07, 6.45) is 9.81. The second-order valence-corrected chi connectivity index (χ2v) is 8.83. The fourth-order valence-electron chi connectivity index (χ4n) is 5.09. The molecule has 1 aromatic carbocycles. The Morgan fingerprint density at radius 3 is 2.84 bits per heavy atom. The molecule has 5 rings (SSSR count). The van der Waals surface area contributed by atoms with E-state index in [1.54, 1.807) is 11.2 Å². The van der Waals surface area contributed by atoms with Gasteiger partial charge in [0.1, 0.15) is 0 Å². The number of hydrogen-bond acceptors (Lipinski definition) is 4. The van der Waals surface area contributed by atoms with Crippen molar-refractivity contribution in [2.75, 3.05) is 39.4 Å². The Hall–Kier alpha value is -2.87. The molecule has 1 aliphatic carbocycles. The number of likely N-dealkylation sites (tertiary alicyclic amines) is 1. The van der Waals surface area contributed by atoms with Gasteiger partial charge in [-0.25, -0.2) is 9.78 Å². The number of imidazole rings is 1. The molecule has 170 valence electrons. The van der Waals surface area contributed by atoms with Crippen molar-refractivity contribution in [2.45, 2.75) is 38.6 Å². The van der Waals surface area contributed by atoms with Crippen molar-refractivity contribution in [1.29, 1.82) is 0 Å². The first-order valence-corrected chi connectivity index (χ1v) is 11.8. The zero-order valence-corrected chi connectivity index (χ0v) is 18.5. The highest BCUT2D eigenvalue weighted by atomic mass is 16.5. The highest BCUT2D eigenvalue weighted by molar-refractivity contribution is 5.98. The number of hydrogen-bond donors (Lipinski definition) is 1. The van der Waals surface area contributed by atoms with Crippen LogP contribution in [-0.4, -0.2) is 70.7 Å². The van der Waals surface area contributed by atoms with Crippen LogP contribution in [0.4, 0.5) is 4.79 Å². The van der Waals surface area contributed by atoms with Crippen LogP contribution in [0.1, 0.15) is 42.5 Å². The van der Waals surface area contributed by atoms with Crippen LogP contribution >= 0.6 is 0 Å². The lowest BCUT2D eigenvalue weighted by Gasteiger charge is -2.38. The van der Waals surface area contributed by atoms with E-state index in [9.17, 15) is 9.59 Å². The van der Waals surface area contributed by atoms with Crippen LogP contribution in [0, 0.1) is 5.92 Å². The summed E-state index contributed by atoms with van der Waals surface area (Å²) in [5.41, 5.74) is 3.70. The summed E-state index contributed by atoms with van der Waals surface area (Å²) in [5, 5.41) is 2.97. The Balaban J connectivity index is 1.24. The minimum Gasteiger partial charge on any atom is -0.378 e. The number of allylic oxidation sites excluding steroid dienone is 2. The van der Waals surface area contributed by atoms with Crippen molar-refractivity contribution in [2.24, 2.45) is 5.92 Å². The predicted octanol–water partition coefficient (Wildman–Crippen LogP) is 3.00. The Labute approximate surface area is 188 Å². The van der Waals surface area contributed by atoms with Crippen LogP contribution in [0.15, 0.2) is 36.3 Å². The molecule has 2 saturated heterocycles. The first kappa shape index (κ1) is 21.0. The Kier molecular flexibility index (Phi) is 6.12. The quantitative estimate of drug-likeness (QED) is 0.798. The van der Waals surface area contributed by atoms with E-state index in [0.29, 0.717) is 50.9 Å². The highest BCUT2D eigenvalue weighted by Gasteiger charge is 2.31. The van der Waals surface area contributed by atoms with Gasteiger partial charge in [0.2, 0.25) is 0 Å². The maximum Gasteiger partial charge on any atom is 0.317 e. The smallest absolute Gasteiger partial charge is 0.317 e. The molecule has 8 heteroatoms. The Bertz CT molecular complexity index is 1020. The zero-order chi connectivity index (χ0) is 21.9. The van der Waals surface area contributed by atoms with Gasteiger partial charge in [-0.1, -0.05) is 6.08 Å². The van der Waals surface area contributed by atoms with Crippen molar-refractivity contribution in [3.63, 3.8) is 0 Å². The number of amides is 3. The van der Waals surface area contributed by atoms with Crippen molar-refractivity contribution in [3.8, 4) is 0 Å². The van der Waals surface area contributed by atoms with Gasteiger partial charge < -0.3 is 24.4 Å². The summed E-state index contributed by atoms with van der Waals surface area (Å²) in [4.78, 5) is 33.8. The van der Waals surface area contributed by atoms with Crippen molar-refractivity contribution in [3.05, 3.63) is 41.9 Å². The summed E-state index contributed by atoms with van der Waals surface area (Å²) in [7, 11) is 0. The average Bonchev–Trinajstić information content (AvgIpc) is 3.26. The fourth-order valence-corrected chi connectivity index (χ4v) is 5.09. The number of aromatic nitrogens is 2. The van der Waals surface area contributed by atoms with Gasteiger partial charge in [0, 0.05) is 44.0 Å². The second-order valence-electron chi connectivity index (χ2n) is 8.83. The van der Waals surface area contributed by atoms with Crippen LogP contribution in [0.25, 0.3) is 11.0 Å². The molecule has 2 aromatic rings. The van der Waals surface area contributed by atoms with Crippen molar-refractivity contribution >= 4 is 23.0 Å². The van der Waals surface area contributed by atoms with Gasteiger partial charge in [-0.05, 0) is 56.2 Å². The SMILES string of the molecule is O=C(NCCn1cnc2cc(C(=O)N3CCCC4CCCC=C43)ccc21)N1CCOCC1. The van der Waals surface area contributed by atoms with Gasteiger partial charge in [-0.3, -0.25) is 4.79 Å². The number of rotatable bonds is 4. The number of morpholine rings is 1. The fraction of sp³-hybridized carbons (Fsp3) is 0.542. The third-order valence-electron chi connectivity index (χ3n) is 6.81. The van der Waals surface area contributed by atoms with E-state index < -0.39 is 0 Å². The normalized spacial score (nSPS) is 21.2. The maximum atomic E-state index is 13.3. The molecule has 8 nitrogen and oxygen atoms in total. The standard InChI is InChI=1S/C24H31N5O3/c30-23(29-10-3-5-18-4-1-2-6-21(18)29)19-7-8-22-20(16-19)26-17-28(22)11-9-25-24(31)27-12-14-32-15-13-27/h6-8,16-18H,1-5,9-15H2,(H,25,31). The molecule has 1 aromatic heterocycles. The number of nitrogens with zero attached hydrogens (tertiary/aromatic N) is 4. The molecular formula is C24H31N5O3. The molecule has 2 fully saturated rings. The number of urea groups is 1. The van der Waals surface area contributed by atoms with Crippen LogP contribution in [0.2, 0.25) is 0 Å². The van der Waals surface area contributed by atoms with Gasteiger partial charge in [0.25, 0.3) is 5.91 Å².